The largest absolute Gasteiger partial charge is 1.00 e. The van der Waals surface area contributed by atoms with Crippen molar-refractivity contribution in [3.8, 4) is 5.75 Å². The fourth-order valence-corrected chi connectivity index (χ4v) is 0.726. The van der Waals surface area contributed by atoms with E-state index in [4.69, 9.17) is 5.11 Å². The minimum atomic E-state index is 0. The maximum absolute atomic E-state index is 8.94. The van der Waals surface area contributed by atoms with E-state index in [0.717, 1.165) is 5.56 Å². The van der Waals surface area contributed by atoms with Crippen LogP contribution in [0.5, 0.6) is 5.75 Å². The number of phenolic OH excluding ortho intramolecular Hbond substituents is 1. The van der Waals surface area contributed by atoms with E-state index < -0.39 is 0 Å². The molecule has 0 radical (unpaired) electrons. The smallest absolute Gasteiger partial charge is 1.00 e. The average Bonchev–Trinajstić information content (AvgIpc) is 1.80. The maximum Gasteiger partial charge on any atom is 1.00 e. The van der Waals surface area contributed by atoms with Crippen molar-refractivity contribution < 1.29 is 25.4 Å². The maximum atomic E-state index is 8.94. The third-order valence-electron chi connectivity index (χ3n) is 1.49. The van der Waals surface area contributed by atoms with Crippen LogP contribution in [0, 0.1) is 13.8 Å². The van der Waals surface area contributed by atoms with Gasteiger partial charge in [-0.2, -0.15) is 0 Å². The van der Waals surface area contributed by atoms with Crippen LogP contribution in [-0.2, 0) is 0 Å². The molecule has 0 aliphatic carbocycles. The first-order chi connectivity index (χ1) is 4.20. The molecule has 1 nitrogen and oxygen atoms in total. The van der Waals surface area contributed by atoms with Crippen molar-refractivity contribution in [2.75, 3.05) is 0 Å². The molecule has 10 heavy (non-hydrogen) atoms. The van der Waals surface area contributed by atoms with Crippen LogP contribution < -0.4 is 18.9 Å². The van der Waals surface area contributed by atoms with Gasteiger partial charge in [0.05, 0.1) is 0 Å². The topological polar surface area (TPSA) is 20.2 Å². The van der Waals surface area contributed by atoms with Gasteiger partial charge in [-0.05, 0) is 37.1 Å². The Morgan fingerprint density at radius 3 is 2.20 bits per heavy atom. The van der Waals surface area contributed by atoms with Gasteiger partial charge in [-0.3, -0.25) is 0 Å². The zero-order valence-corrected chi connectivity index (χ0v) is 6.68. The molecule has 0 fully saturated rings. The van der Waals surface area contributed by atoms with Crippen molar-refractivity contribution in [3.05, 3.63) is 29.3 Å². The summed E-state index contributed by atoms with van der Waals surface area (Å²) in [7, 11) is 0. The van der Waals surface area contributed by atoms with Crippen molar-refractivity contribution in [2.45, 2.75) is 13.8 Å². The molecule has 0 saturated heterocycles. The number of hydrogen-bond donors (Lipinski definition) is 1. The Morgan fingerprint density at radius 1 is 1.20 bits per heavy atom. The van der Waals surface area contributed by atoms with Crippen LogP contribution in [-0.4, -0.2) is 5.11 Å². The van der Waals surface area contributed by atoms with Crippen molar-refractivity contribution in [2.24, 2.45) is 0 Å². The van der Waals surface area contributed by atoms with E-state index in [1.54, 1.807) is 12.1 Å². The molecule has 0 spiro atoms. The molecular weight excluding hydrogens is 119 g/mol. The second-order valence-corrected chi connectivity index (χ2v) is 2.27. The van der Waals surface area contributed by atoms with E-state index in [1.165, 1.54) is 5.56 Å². The monoisotopic (exact) mass is 130 g/mol. The van der Waals surface area contributed by atoms with E-state index in [9.17, 15) is 0 Å². The molecule has 1 rings (SSSR count). The summed E-state index contributed by atoms with van der Waals surface area (Å²) in [6.45, 7) is 4.00. The molecule has 1 aromatic rings. The van der Waals surface area contributed by atoms with Crippen LogP contribution in [0.1, 0.15) is 12.6 Å². The molecule has 1 aromatic carbocycles. The summed E-state index contributed by atoms with van der Waals surface area (Å²) in [5.41, 5.74) is 2.35. The first-order valence-electron chi connectivity index (χ1n) is 2.96. The summed E-state index contributed by atoms with van der Waals surface area (Å²) in [5, 5.41) is 8.94. The van der Waals surface area contributed by atoms with Crippen LogP contribution in [0.3, 0.4) is 0 Å². The Kier molecular flexibility index (Phi) is 3.56. The van der Waals surface area contributed by atoms with Gasteiger partial charge in [0, 0.05) is 0 Å². The molecule has 0 heterocycles. The molecule has 0 saturated carbocycles. The van der Waals surface area contributed by atoms with Gasteiger partial charge in [0.25, 0.3) is 0 Å². The predicted molar refractivity (Wildman–Crippen MR) is 38.7 cm³/mol. The van der Waals surface area contributed by atoms with Crippen LogP contribution >= 0.6 is 0 Å². The van der Waals surface area contributed by atoms with E-state index in [-0.39, 0.29) is 20.3 Å². The molecule has 0 amide bonds. The number of hydrogen-bond acceptors (Lipinski definition) is 1. The van der Waals surface area contributed by atoms with Crippen LogP contribution in [0.2, 0.25) is 0 Å². The van der Waals surface area contributed by atoms with Gasteiger partial charge in [-0.25, -0.2) is 0 Å². The van der Waals surface area contributed by atoms with Gasteiger partial charge in [-0.15, -0.1) is 0 Å². The van der Waals surface area contributed by atoms with Crippen molar-refractivity contribution in [1.29, 1.82) is 0 Å². The second-order valence-electron chi connectivity index (χ2n) is 2.27. The summed E-state index contributed by atoms with van der Waals surface area (Å²) in [4.78, 5) is 0. The van der Waals surface area contributed by atoms with Gasteiger partial charge < -0.3 is 6.53 Å². The fraction of sp³-hybridized carbons (Fsp3) is 0.250. The van der Waals surface area contributed by atoms with Gasteiger partial charge in [0.1, 0.15) is 5.75 Å². The first-order valence-corrected chi connectivity index (χ1v) is 2.96. The minimum absolute atomic E-state index is 0. The molecule has 0 atom stereocenters. The molecule has 0 aromatic heterocycles. The Labute approximate surface area is 74.7 Å². The molecule has 1 N–H and O–H groups in total. The van der Waals surface area contributed by atoms with Gasteiger partial charge in [0.15, 0.2) is 0 Å². The Morgan fingerprint density at radius 2 is 1.80 bits per heavy atom. The number of benzene rings is 1. The second kappa shape index (κ2) is 3.70. The molecule has 2 heteroatoms. The quantitative estimate of drug-likeness (QED) is 0.452. The number of rotatable bonds is 0. The zero-order valence-electron chi connectivity index (χ0n) is 7.68. The fourth-order valence-electron chi connectivity index (χ4n) is 0.726. The minimum Gasteiger partial charge on any atom is -1.00 e. The van der Waals surface area contributed by atoms with Crippen molar-refractivity contribution >= 4 is 0 Å². The molecule has 0 bridgehead atoms. The number of phenols is 1. The molecule has 0 aliphatic heterocycles. The Hall–Kier alpha value is -0.383. The summed E-state index contributed by atoms with van der Waals surface area (Å²) >= 11 is 0. The number of aromatic hydroxyl groups is 1. The van der Waals surface area contributed by atoms with Crippen LogP contribution in [0.15, 0.2) is 18.2 Å². The van der Waals surface area contributed by atoms with Crippen molar-refractivity contribution in [1.82, 2.24) is 0 Å². The summed E-state index contributed by atoms with van der Waals surface area (Å²) < 4.78 is 0. The molecule has 0 unspecified atom stereocenters. The van der Waals surface area contributed by atoms with E-state index in [1.807, 2.05) is 19.9 Å². The van der Waals surface area contributed by atoms with Gasteiger partial charge in [-0.1, -0.05) is 6.07 Å². The Balaban J connectivity index is 0. The average molecular weight is 130 g/mol. The summed E-state index contributed by atoms with van der Waals surface area (Å²) in [6, 6.07) is 5.36. The predicted octanol–water partition coefficient (Wildman–Crippen LogP) is -0.874. The first kappa shape index (κ1) is 9.62. The SMILES string of the molecule is Cc1ccc(O)cc1C.[H-].[Li+]. The molecule has 50 valence electrons. The number of aryl methyl sites for hydroxylation is 2. The van der Waals surface area contributed by atoms with E-state index in [0.29, 0.717) is 5.75 Å². The van der Waals surface area contributed by atoms with E-state index in [2.05, 4.69) is 0 Å². The zero-order chi connectivity index (χ0) is 6.85. The molecule has 0 aliphatic rings. The third-order valence-corrected chi connectivity index (χ3v) is 1.49. The third kappa shape index (κ3) is 2.10. The summed E-state index contributed by atoms with van der Waals surface area (Å²) in [5.74, 6) is 0.345. The Bertz CT molecular complexity index is 225. The standard InChI is InChI=1S/C8H10O.Li.H/c1-6-3-4-8(9)5-7(6)2;;/h3-5,9H,1-2H3;;/q;+1;-1. The van der Waals surface area contributed by atoms with Gasteiger partial charge >= 0.3 is 18.9 Å². The normalized spacial score (nSPS) is 8.60. The van der Waals surface area contributed by atoms with Crippen molar-refractivity contribution in [3.63, 3.8) is 0 Å². The summed E-state index contributed by atoms with van der Waals surface area (Å²) in [6.07, 6.45) is 0. The molecular formula is C8H11LiO. The van der Waals surface area contributed by atoms with E-state index >= 15 is 0 Å². The van der Waals surface area contributed by atoms with Crippen LogP contribution in [0.4, 0.5) is 0 Å². The van der Waals surface area contributed by atoms with Crippen LogP contribution in [0.25, 0.3) is 0 Å². The van der Waals surface area contributed by atoms with Gasteiger partial charge in [0.2, 0.25) is 0 Å².